The minimum absolute atomic E-state index is 0.0127. The van der Waals surface area contributed by atoms with Crippen LogP contribution in [-0.4, -0.2) is 42.3 Å². The fraction of sp³-hybridized carbons (Fsp3) is 0.438. The lowest BCUT2D eigenvalue weighted by Crippen LogP contribution is -2.44. The lowest BCUT2D eigenvalue weighted by Gasteiger charge is -2.18. The number of nitrogens with one attached hydrogen (secondary N) is 2. The van der Waals surface area contributed by atoms with Gasteiger partial charge in [0.05, 0.1) is 6.54 Å². The first-order chi connectivity index (χ1) is 10.3. The van der Waals surface area contributed by atoms with Crippen LogP contribution in [0.4, 0.5) is 5.69 Å². The van der Waals surface area contributed by atoms with Gasteiger partial charge >= 0.3 is 11.8 Å². The second kappa shape index (κ2) is 8.17. The molecule has 1 aromatic carbocycles. The van der Waals surface area contributed by atoms with Crippen molar-refractivity contribution in [2.24, 2.45) is 0 Å². The predicted octanol–water partition coefficient (Wildman–Crippen LogP) is 1.17. The Kier molecular flexibility index (Phi) is 6.56. The molecule has 0 unspecified atom stereocenters. The standard InChI is InChI=1S/C16H23N3O3/c1-5-12-8-6-7-9-13(12)18-15(21)16(22)19(4)10-14(20)17-11(2)3/h6-9,11H,5,10H2,1-4H3,(H,17,20)(H,18,21). The largest absolute Gasteiger partial charge is 0.352 e. The summed E-state index contributed by atoms with van der Waals surface area (Å²) in [6.07, 6.45) is 0.747. The maximum absolute atomic E-state index is 12.0. The van der Waals surface area contributed by atoms with Crippen LogP contribution in [0.1, 0.15) is 26.3 Å². The number of carbonyl (C=O) groups is 3. The van der Waals surface area contributed by atoms with E-state index in [-0.39, 0.29) is 18.5 Å². The van der Waals surface area contributed by atoms with Gasteiger partial charge in [0.15, 0.2) is 0 Å². The van der Waals surface area contributed by atoms with Gasteiger partial charge in [-0.25, -0.2) is 0 Å². The third-order valence-corrected chi connectivity index (χ3v) is 3.02. The van der Waals surface area contributed by atoms with Crippen LogP contribution in [0.3, 0.4) is 0 Å². The third-order valence-electron chi connectivity index (χ3n) is 3.02. The zero-order valence-corrected chi connectivity index (χ0v) is 13.5. The molecule has 0 fully saturated rings. The quantitative estimate of drug-likeness (QED) is 0.802. The Morgan fingerprint density at radius 1 is 1.18 bits per heavy atom. The molecule has 0 heterocycles. The molecule has 0 saturated carbocycles. The number of para-hydroxylation sites is 1. The number of aryl methyl sites for hydroxylation is 1. The lowest BCUT2D eigenvalue weighted by molar-refractivity contribution is -0.143. The van der Waals surface area contributed by atoms with Crippen LogP contribution < -0.4 is 10.6 Å². The summed E-state index contributed by atoms with van der Waals surface area (Å²) in [6.45, 7) is 5.47. The van der Waals surface area contributed by atoms with Gasteiger partial charge in [-0.3, -0.25) is 14.4 Å². The van der Waals surface area contributed by atoms with E-state index >= 15 is 0 Å². The summed E-state index contributed by atoms with van der Waals surface area (Å²) >= 11 is 0. The van der Waals surface area contributed by atoms with Crippen molar-refractivity contribution in [2.75, 3.05) is 18.9 Å². The molecule has 22 heavy (non-hydrogen) atoms. The summed E-state index contributed by atoms with van der Waals surface area (Å²) in [5, 5.41) is 5.27. The molecule has 1 aromatic rings. The molecule has 0 spiro atoms. The molecule has 0 saturated heterocycles. The van der Waals surface area contributed by atoms with Crippen molar-refractivity contribution in [3.63, 3.8) is 0 Å². The number of anilines is 1. The van der Waals surface area contributed by atoms with Gasteiger partial charge in [-0.05, 0) is 31.9 Å². The highest BCUT2D eigenvalue weighted by atomic mass is 16.2. The van der Waals surface area contributed by atoms with Gasteiger partial charge in [0.25, 0.3) is 0 Å². The van der Waals surface area contributed by atoms with Crippen LogP contribution >= 0.6 is 0 Å². The SMILES string of the molecule is CCc1ccccc1NC(=O)C(=O)N(C)CC(=O)NC(C)C. The Morgan fingerprint density at radius 2 is 1.82 bits per heavy atom. The van der Waals surface area contributed by atoms with E-state index in [0.717, 1.165) is 16.9 Å². The zero-order chi connectivity index (χ0) is 16.7. The lowest BCUT2D eigenvalue weighted by atomic mass is 10.1. The average molecular weight is 305 g/mol. The fourth-order valence-corrected chi connectivity index (χ4v) is 1.95. The van der Waals surface area contributed by atoms with E-state index in [0.29, 0.717) is 5.69 Å². The monoisotopic (exact) mass is 305 g/mol. The Labute approximate surface area is 130 Å². The van der Waals surface area contributed by atoms with E-state index in [4.69, 9.17) is 0 Å². The minimum Gasteiger partial charge on any atom is -0.352 e. The molecule has 3 amide bonds. The predicted molar refractivity (Wildman–Crippen MR) is 85.4 cm³/mol. The van der Waals surface area contributed by atoms with Gasteiger partial charge in [-0.2, -0.15) is 0 Å². The average Bonchev–Trinajstić information content (AvgIpc) is 2.45. The van der Waals surface area contributed by atoms with Crippen LogP contribution in [0.5, 0.6) is 0 Å². The molecular formula is C16H23N3O3. The molecular weight excluding hydrogens is 282 g/mol. The second-order valence-corrected chi connectivity index (χ2v) is 5.35. The van der Waals surface area contributed by atoms with E-state index in [1.54, 1.807) is 12.1 Å². The third kappa shape index (κ3) is 5.20. The number of hydrogen-bond acceptors (Lipinski definition) is 3. The fourth-order valence-electron chi connectivity index (χ4n) is 1.95. The Morgan fingerprint density at radius 3 is 2.41 bits per heavy atom. The van der Waals surface area contributed by atoms with E-state index in [2.05, 4.69) is 10.6 Å². The van der Waals surface area contributed by atoms with E-state index in [1.165, 1.54) is 7.05 Å². The molecule has 2 N–H and O–H groups in total. The van der Waals surface area contributed by atoms with Gasteiger partial charge in [0.1, 0.15) is 0 Å². The summed E-state index contributed by atoms with van der Waals surface area (Å²) in [5.41, 5.74) is 1.56. The van der Waals surface area contributed by atoms with Crippen molar-refractivity contribution in [1.82, 2.24) is 10.2 Å². The molecule has 0 atom stereocenters. The number of benzene rings is 1. The number of rotatable bonds is 5. The summed E-state index contributed by atoms with van der Waals surface area (Å²) in [7, 11) is 1.42. The normalized spacial score (nSPS) is 10.2. The van der Waals surface area contributed by atoms with Crippen LogP contribution in [0.2, 0.25) is 0 Å². The number of amides is 3. The maximum Gasteiger partial charge on any atom is 0.313 e. The van der Waals surface area contributed by atoms with Crippen molar-refractivity contribution in [3.05, 3.63) is 29.8 Å². The van der Waals surface area contributed by atoms with Crippen LogP contribution in [-0.2, 0) is 20.8 Å². The molecule has 120 valence electrons. The second-order valence-electron chi connectivity index (χ2n) is 5.35. The van der Waals surface area contributed by atoms with Crippen molar-refractivity contribution in [1.29, 1.82) is 0 Å². The smallest absolute Gasteiger partial charge is 0.313 e. The molecule has 0 aromatic heterocycles. The van der Waals surface area contributed by atoms with Crippen molar-refractivity contribution in [3.8, 4) is 0 Å². The molecule has 0 aliphatic carbocycles. The molecule has 1 rings (SSSR count). The topological polar surface area (TPSA) is 78.5 Å². The molecule has 6 heteroatoms. The van der Waals surface area contributed by atoms with Crippen LogP contribution in [0.25, 0.3) is 0 Å². The van der Waals surface area contributed by atoms with E-state index in [9.17, 15) is 14.4 Å². The molecule has 6 nitrogen and oxygen atoms in total. The summed E-state index contributed by atoms with van der Waals surface area (Å²) in [4.78, 5) is 36.7. The Bertz CT molecular complexity index is 555. The first-order valence-electron chi connectivity index (χ1n) is 7.28. The number of carbonyl (C=O) groups excluding carboxylic acids is 3. The molecule has 0 bridgehead atoms. The van der Waals surface area contributed by atoms with E-state index < -0.39 is 11.8 Å². The highest BCUT2D eigenvalue weighted by molar-refractivity contribution is 6.39. The van der Waals surface area contributed by atoms with Crippen molar-refractivity contribution in [2.45, 2.75) is 33.2 Å². The van der Waals surface area contributed by atoms with Gasteiger partial charge < -0.3 is 15.5 Å². The van der Waals surface area contributed by atoms with Gasteiger partial charge in [0.2, 0.25) is 5.91 Å². The minimum atomic E-state index is -0.749. The first kappa shape index (κ1) is 17.7. The number of likely N-dealkylation sites (N-methyl/N-ethyl adjacent to an activating group) is 1. The summed E-state index contributed by atoms with van der Waals surface area (Å²) < 4.78 is 0. The molecule has 0 aliphatic rings. The van der Waals surface area contributed by atoms with Gasteiger partial charge in [0, 0.05) is 18.8 Å². The Hall–Kier alpha value is -2.37. The molecule has 0 aliphatic heterocycles. The van der Waals surface area contributed by atoms with E-state index in [1.807, 2.05) is 32.9 Å². The van der Waals surface area contributed by atoms with Crippen LogP contribution in [0, 0.1) is 0 Å². The number of hydrogen-bond donors (Lipinski definition) is 2. The van der Waals surface area contributed by atoms with Gasteiger partial charge in [-0.1, -0.05) is 25.1 Å². The maximum atomic E-state index is 12.0. The van der Waals surface area contributed by atoms with Crippen LogP contribution in [0.15, 0.2) is 24.3 Å². The molecule has 0 radical (unpaired) electrons. The zero-order valence-electron chi connectivity index (χ0n) is 13.5. The van der Waals surface area contributed by atoms with Gasteiger partial charge in [-0.15, -0.1) is 0 Å². The van der Waals surface area contributed by atoms with Crippen molar-refractivity contribution < 1.29 is 14.4 Å². The summed E-state index contributed by atoms with van der Waals surface area (Å²) in [5.74, 6) is -1.79. The van der Waals surface area contributed by atoms with Crippen molar-refractivity contribution >= 4 is 23.4 Å². The summed E-state index contributed by atoms with van der Waals surface area (Å²) in [6, 6.07) is 7.29. The Balaban J connectivity index is 2.64. The number of nitrogens with zero attached hydrogens (tertiary/aromatic N) is 1. The highest BCUT2D eigenvalue weighted by Crippen LogP contribution is 2.15. The highest BCUT2D eigenvalue weighted by Gasteiger charge is 2.21. The first-order valence-corrected chi connectivity index (χ1v) is 7.28.